The van der Waals surface area contributed by atoms with Crippen LogP contribution in [0, 0.1) is 5.95 Å². The van der Waals surface area contributed by atoms with Crippen LogP contribution in [0.1, 0.15) is 34.6 Å². The molecule has 22 heavy (non-hydrogen) atoms. The molecule has 0 aliphatic carbocycles. The van der Waals surface area contributed by atoms with Crippen LogP contribution in [0.15, 0.2) is 18.2 Å². The van der Waals surface area contributed by atoms with Crippen LogP contribution in [-0.4, -0.2) is 46.8 Å². The second-order valence-corrected chi connectivity index (χ2v) is 6.81. The smallest absolute Gasteiger partial charge is 0.410 e. The first-order chi connectivity index (χ1) is 10.2. The van der Waals surface area contributed by atoms with Crippen LogP contribution in [0.2, 0.25) is 0 Å². The van der Waals surface area contributed by atoms with Crippen molar-refractivity contribution in [2.75, 3.05) is 18.0 Å². The van der Waals surface area contributed by atoms with Gasteiger partial charge in [0, 0.05) is 25.2 Å². The van der Waals surface area contributed by atoms with Crippen LogP contribution in [0.3, 0.4) is 0 Å². The number of piperazine rings is 1. The maximum Gasteiger partial charge on any atom is 0.410 e. The van der Waals surface area contributed by atoms with Gasteiger partial charge in [0.1, 0.15) is 11.4 Å². The molecule has 0 bridgehead atoms. The fourth-order valence-corrected chi connectivity index (χ4v) is 2.79. The van der Waals surface area contributed by atoms with Gasteiger partial charge in [-0.2, -0.15) is 4.39 Å². The second kappa shape index (κ2) is 6.10. The number of carbonyl (C=O) groups is 1. The number of rotatable bonds is 1. The van der Waals surface area contributed by atoms with Gasteiger partial charge in [0.15, 0.2) is 0 Å². The zero-order chi connectivity index (χ0) is 16.5. The molecule has 1 aromatic rings. The third-order valence-corrected chi connectivity index (χ3v) is 3.54. The van der Waals surface area contributed by atoms with E-state index in [0.29, 0.717) is 18.9 Å². The molecule has 0 radical (unpaired) electrons. The van der Waals surface area contributed by atoms with Crippen molar-refractivity contribution in [1.82, 2.24) is 9.88 Å². The van der Waals surface area contributed by atoms with Gasteiger partial charge in [-0.05, 0) is 46.8 Å². The summed E-state index contributed by atoms with van der Waals surface area (Å²) in [5, 5.41) is 0. The molecule has 0 saturated carbocycles. The van der Waals surface area contributed by atoms with E-state index in [1.165, 1.54) is 6.07 Å². The van der Waals surface area contributed by atoms with E-state index < -0.39 is 11.5 Å². The van der Waals surface area contributed by atoms with E-state index in [0.717, 1.165) is 0 Å². The summed E-state index contributed by atoms with van der Waals surface area (Å²) in [6.07, 6.45) is -0.307. The summed E-state index contributed by atoms with van der Waals surface area (Å²) >= 11 is 0. The largest absolute Gasteiger partial charge is 0.444 e. The molecule has 0 N–H and O–H groups in total. The second-order valence-electron chi connectivity index (χ2n) is 6.81. The van der Waals surface area contributed by atoms with Crippen molar-refractivity contribution in [3.63, 3.8) is 0 Å². The van der Waals surface area contributed by atoms with E-state index in [1.54, 1.807) is 17.0 Å². The van der Waals surface area contributed by atoms with Gasteiger partial charge in [-0.1, -0.05) is 6.07 Å². The molecule has 1 saturated heterocycles. The summed E-state index contributed by atoms with van der Waals surface area (Å²) in [5.41, 5.74) is -0.509. The Morgan fingerprint density at radius 3 is 2.36 bits per heavy atom. The summed E-state index contributed by atoms with van der Waals surface area (Å²) in [6.45, 7) is 10.6. The first-order valence-corrected chi connectivity index (χ1v) is 7.56. The van der Waals surface area contributed by atoms with Gasteiger partial charge >= 0.3 is 6.09 Å². The van der Waals surface area contributed by atoms with Crippen molar-refractivity contribution in [2.24, 2.45) is 0 Å². The lowest BCUT2D eigenvalue weighted by molar-refractivity contribution is 0.0192. The topological polar surface area (TPSA) is 45.7 Å². The minimum Gasteiger partial charge on any atom is -0.444 e. The maximum absolute atomic E-state index is 13.3. The third kappa shape index (κ3) is 3.87. The number of pyridine rings is 1. The highest BCUT2D eigenvalue weighted by Gasteiger charge is 2.34. The average Bonchev–Trinajstić information content (AvgIpc) is 2.35. The van der Waals surface area contributed by atoms with Crippen LogP contribution >= 0.6 is 0 Å². The highest BCUT2D eigenvalue weighted by molar-refractivity contribution is 5.69. The summed E-state index contributed by atoms with van der Waals surface area (Å²) < 4.78 is 18.8. The molecule has 0 unspecified atom stereocenters. The van der Waals surface area contributed by atoms with Crippen LogP contribution in [-0.2, 0) is 4.74 Å². The fourth-order valence-electron chi connectivity index (χ4n) is 2.79. The van der Waals surface area contributed by atoms with Crippen LogP contribution < -0.4 is 4.90 Å². The number of ether oxygens (including phenoxy) is 1. The zero-order valence-corrected chi connectivity index (χ0v) is 13.8. The first kappa shape index (κ1) is 16.5. The van der Waals surface area contributed by atoms with Gasteiger partial charge in [0.2, 0.25) is 5.95 Å². The lowest BCUT2D eigenvalue weighted by Crippen LogP contribution is -2.59. The summed E-state index contributed by atoms with van der Waals surface area (Å²) in [5.74, 6) is 0.107. The Bertz CT molecular complexity index is 532. The van der Waals surface area contributed by atoms with Gasteiger partial charge in [-0.15, -0.1) is 0 Å². The van der Waals surface area contributed by atoms with Crippen molar-refractivity contribution >= 4 is 11.9 Å². The number of hydrogen-bond acceptors (Lipinski definition) is 4. The molecule has 2 heterocycles. The molecule has 6 heteroatoms. The molecule has 1 aliphatic rings. The monoisotopic (exact) mass is 309 g/mol. The molecule has 1 aliphatic heterocycles. The Morgan fingerprint density at radius 1 is 1.27 bits per heavy atom. The van der Waals surface area contributed by atoms with E-state index in [1.807, 2.05) is 39.5 Å². The number of halogens is 1. The van der Waals surface area contributed by atoms with E-state index in [9.17, 15) is 9.18 Å². The molecule has 2 rings (SSSR count). The predicted molar refractivity (Wildman–Crippen MR) is 83.4 cm³/mol. The summed E-state index contributed by atoms with van der Waals surface area (Å²) in [6, 6.07) is 4.84. The van der Waals surface area contributed by atoms with E-state index in [-0.39, 0.29) is 18.2 Å². The highest BCUT2D eigenvalue weighted by Crippen LogP contribution is 2.24. The Labute approximate surface area is 131 Å². The van der Waals surface area contributed by atoms with Crippen LogP contribution in [0.5, 0.6) is 0 Å². The third-order valence-electron chi connectivity index (χ3n) is 3.54. The van der Waals surface area contributed by atoms with E-state index in [4.69, 9.17) is 4.74 Å². The van der Waals surface area contributed by atoms with Gasteiger partial charge in [0.25, 0.3) is 0 Å². The van der Waals surface area contributed by atoms with Gasteiger partial charge in [-0.25, -0.2) is 9.78 Å². The maximum atomic E-state index is 13.3. The molecule has 1 aromatic heterocycles. The molecule has 1 fully saturated rings. The van der Waals surface area contributed by atoms with Gasteiger partial charge < -0.3 is 14.5 Å². The number of anilines is 1. The number of amides is 1. The lowest BCUT2D eigenvalue weighted by atomic mass is 10.1. The molecular weight excluding hydrogens is 285 g/mol. The molecule has 0 spiro atoms. The van der Waals surface area contributed by atoms with Crippen LogP contribution in [0.4, 0.5) is 15.0 Å². The lowest BCUT2D eigenvalue weighted by Gasteiger charge is -2.45. The Balaban J connectivity index is 2.11. The average molecular weight is 309 g/mol. The number of hydrogen-bond donors (Lipinski definition) is 0. The molecule has 2 atom stereocenters. The molecule has 1 amide bonds. The predicted octanol–water partition coefficient (Wildman–Crippen LogP) is 3.05. The molecule has 0 aromatic carbocycles. The minimum absolute atomic E-state index is 0.0329. The molecule has 122 valence electrons. The fraction of sp³-hybridized carbons (Fsp3) is 0.625. The number of nitrogens with zero attached hydrogens (tertiary/aromatic N) is 3. The highest BCUT2D eigenvalue weighted by atomic mass is 19.1. The quantitative estimate of drug-likeness (QED) is 0.748. The summed E-state index contributed by atoms with van der Waals surface area (Å²) in [7, 11) is 0. The van der Waals surface area contributed by atoms with Crippen molar-refractivity contribution < 1.29 is 13.9 Å². The summed E-state index contributed by atoms with van der Waals surface area (Å²) in [4.78, 5) is 19.9. The van der Waals surface area contributed by atoms with Crippen molar-refractivity contribution in [2.45, 2.75) is 52.3 Å². The zero-order valence-electron chi connectivity index (χ0n) is 13.8. The van der Waals surface area contributed by atoms with E-state index >= 15 is 0 Å². The van der Waals surface area contributed by atoms with E-state index in [2.05, 4.69) is 4.98 Å². The number of carbonyl (C=O) groups excluding carboxylic acids is 1. The Kier molecular flexibility index (Phi) is 4.58. The van der Waals surface area contributed by atoms with Crippen molar-refractivity contribution in [3.05, 3.63) is 24.1 Å². The standard InChI is InChI=1S/C16H24FN3O2/c1-11-9-19(15(21)22-16(3,4)5)10-12(2)20(11)14-8-6-7-13(17)18-14/h6-8,11-12H,9-10H2,1-5H3/t11-,12-/m0/s1. The Hall–Kier alpha value is -1.85. The number of aromatic nitrogens is 1. The molecule has 5 nitrogen and oxygen atoms in total. The molecular formula is C16H24FN3O2. The SMILES string of the molecule is C[C@H]1CN(C(=O)OC(C)(C)C)C[C@H](C)N1c1cccc(F)n1. The van der Waals surface area contributed by atoms with Gasteiger partial charge in [0.05, 0.1) is 0 Å². The Morgan fingerprint density at radius 2 is 1.86 bits per heavy atom. The first-order valence-electron chi connectivity index (χ1n) is 7.56. The van der Waals surface area contributed by atoms with Crippen molar-refractivity contribution in [3.8, 4) is 0 Å². The van der Waals surface area contributed by atoms with Crippen molar-refractivity contribution in [1.29, 1.82) is 0 Å². The normalized spacial score (nSPS) is 22.6. The van der Waals surface area contributed by atoms with Crippen LogP contribution in [0.25, 0.3) is 0 Å². The van der Waals surface area contributed by atoms with Gasteiger partial charge in [-0.3, -0.25) is 0 Å². The minimum atomic E-state index is -0.509.